The van der Waals surface area contributed by atoms with Gasteiger partial charge in [0.2, 0.25) is 11.8 Å². The minimum absolute atomic E-state index is 0.0441. The average molecular weight is 330 g/mol. The Morgan fingerprint density at radius 1 is 1.50 bits per heavy atom. The van der Waals surface area contributed by atoms with E-state index in [9.17, 15) is 13.2 Å². The molecule has 1 aliphatic rings. The van der Waals surface area contributed by atoms with Gasteiger partial charge in [-0.1, -0.05) is 5.16 Å². The SMILES string of the molecule is CC(=O)N(Cc1noc(C)n1)[C@H]1CCN(CCS(C)(=O)=O)C1. The van der Waals surface area contributed by atoms with Crippen LogP contribution in [0.2, 0.25) is 0 Å². The van der Waals surface area contributed by atoms with Crippen LogP contribution in [-0.2, 0) is 21.2 Å². The Labute approximate surface area is 130 Å². The third-order valence-electron chi connectivity index (χ3n) is 3.75. The Hall–Kier alpha value is -1.48. The summed E-state index contributed by atoms with van der Waals surface area (Å²) in [4.78, 5) is 19.8. The molecule has 0 N–H and O–H groups in total. The van der Waals surface area contributed by atoms with Crippen LogP contribution in [0.1, 0.15) is 25.1 Å². The second-order valence-corrected chi connectivity index (χ2v) is 8.01. The van der Waals surface area contributed by atoms with Crippen molar-refractivity contribution in [2.24, 2.45) is 0 Å². The first-order chi connectivity index (χ1) is 10.2. The van der Waals surface area contributed by atoms with E-state index in [4.69, 9.17) is 4.52 Å². The molecule has 1 amide bonds. The van der Waals surface area contributed by atoms with E-state index in [0.717, 1.165) is 13.0 Å². The van der Waals surface area contributed by atoms with Gasteiger partial charge in [-0.15, -0.1) is 0 Å². The van der Waals surface area contributed by atoms with E-state index in [2.05, 4.69) is 15.0 Å². The molecule has 1 aromatic heterocycles. The number of aromatic nitrogens is 2. The van der Waals surface area contributed by atoms with Crippen LogP contribution >= 0.6 is 0 Å². The van der Waals surface area contributed by atoms with Crippen molar-refractivity contribution in [3.8, 4) is 0 Å². The Balaban J connectivity index is 1.94. The number of rotatable bonds is 6. The summed E-state index contributed by atoms with van der Waals surface area (Å²) < 4.78 is 27.4. The number of sulfone groups is 1. The number of amides is 1. The monoisotopic (exact) mass is 330 g/mol. The van der Waals surface area contributed by atoms with Crippen LogP contribution in [0.15, 0.2) is 4.52 Å². The summed E-state index contributed by atoms with van der Waals surface area (Å²) in [6.07, 6.45) is 2.06. The van der Waals surface area contributed by atoms with Gasteiger partial charge in [-0.05, 0) is 6.42 Å². The van der Waals surface area contributed by atoms with Crippen molar-refractivity contribution in [2.45, 2.75) is 32.9 Å². The lowest BCUT2D eigenvalue weighted by Gasteiger charge is -2.27. The Morgan fingerprint density at radius 3 is 2.77 bits per heavy atom. The molecule has 2 rings (SSSR count). The molecular weight excluding hydrogens is 308 g/mol. The molecule has 22 heavy (non-hydrogen) atoms. The van der Waals surface area contributed by atoms with Crippen molar-refractivity contribution in [2.75, 3.05) is 31.6 Å². The molecule has 9 heteroatoms. The van der Waals surface area contributed by atoms with Crippen molar-refractivity contribution < 1.29 is 17.7 Å². The van der Waals surface area contributed by atoms with Crippen LogP contribution in [0.25, 0.3) is 0 Å². The number of hydrogen-bond donors (Lipinski definition) is 0. The first-order valence-electron chi connectivity index (χ1n) is 7.21. The van der Waals surface area contributed by atoms with E-state index in [1.807, 2.05) is 0 Å². The molecule has 0 saturated carbocycles. The zero-order chi connectivity index (χ0) is 16.3. The highest BCUT2D eigenvalue weighted by molar-refractivity contribution is 7.90. The summed E-state index contributed by atoms with van der Waals surface area (Å²) in [5.74, 6) is 1.06. The zero-order valence-electron chi connectivity index (χ0n) is 13.2. The molecule has 0 spiro atoms. The molecule has 1 fully saturated rings. The largest absolute Gasteiger partial charge is 0.340 e. The van der Waals surface area contributed by atoms with E-state index in [-0.39, 0.29) is 17.7 Å². The lowest BCUT2D eigenvalue weighted by Crippen LogP contribution is -2.41. The second kappa shape index (κ2) is 6.74. The zero-order valence-corrected chi connectivity index (χ0v) is 14.0. The highest BCUT2D eigenvalue weighted by atomic mass is 32.2. The molecule has 1 saturated heterocycles. The van der Waals surface area contributed by atoms with Crippen molar-refractivity contribution in [1.82, 2.24) is 19.9 Å². The first-order valence-corrected chi connectivity index (χ1v) is 9.27. The van der Waals surface area contributed by atoms with E-state index in [1.54, 1.807) is 11.8 Å². The van der Waals surface area contributed by atoms with Gasteiger partial charge in [-0.3, -0.25) is 4.79 Å². The maximum atomic E-state index is 11.9. The number of carbonyl (C=O) groups is 1. The van der Waals surface area contributed by atoms with Crippen LogP contribution in [0.5, 0.6) is 0 Å². The maximum absolute atomic E-state index is 11.9. The normalized spacial score (nSPS) is 19.5. The van der Waals surface area contributed by atoms with Gasteiger partial charge in [-0.2, -0.15) is 4.98 Å². The number of hydrogen-bond acceptors (Lipinski definition) is 7. The molecule has 2 heterocycles. The standard InChI is InChI=1S/C13H22N4O4S/c1-10-14-13(15-21-10)9-17(11(2)18)12-4-5-16(8-12)6-7-22(3,19)20/h12H,4-9H2,1-3H3/t12-/m0/s1. The number of likely N-dealkylation sites (tertiary alicyclic amines) is 1. The van der Waals surface area contributed by atoms with Crippen LogP contribution in [0, 0.1) is 6.92 Å². The van der Waals surface area contributed by atoms with Crippen molar-refractivity contribution in [3.63, 3.8) is 0 Å². The topological polar surface area (TPSA) is 96.6 Å². The first kappa shape index (κ1) is 16.9. The highest BCUT2D eigenvalue weighted by Gasteiger charge is 2.30. The smallest absolute Gasteiger partial charge is 0.223 e. The van der Waals surface area contributed by atoms with Crippen molar-refractivity contribution in [1.29, 1.82) is 0 Å². The van der Waals surface area contributed by atoms with E-state index in [0.29, 0.717) is 31.3 Å². The van der Waals surface area contributed by atoms with Crippen LogP contribution < -0.4 is 0 Å². The molecule has 0 aromatic carbocycles. The summed E-state index contributed by atoms with van der Waals surface area (Å²) >= 11 is 0. The van der Waals surface area contributed by atoms with Crippen LogP contribution in [-0.4, -0.2) is 72.0 Å². The molecule has 1 aliphatic heterocycles. The second-order valence-electron chi connectivity index (χ2n) is 5.75. The van der Waals surface area contributed by atoms with Gasteiger partial charge in [0.15, 0.2) is 5.82 Å². The predicted molar refractivity (Wildman–Crippen MR) is 79.8 cm³/mol. The summed E-state index contributed by atoms with van der Waals surface area (Å²) in [6.45, 7) is 5.50. The predicted octanol–water partition coefficient (Wildman–Crippen LogP) is -0.155. The third kappa shape index (κ3) is 4.77. The molecule has 124 valence electrons. The summed E-state index contributed by atoms with van der Waals surface area (Å²) in [5.41, 5.74) is 0. The summed E-state index contributed by atoms with van der Waals surface area (Å²) in [6, 6.07) is 0.0517. The summed E-state index contributed by atoms with van der Waals surface area (Å²) in [5, 5.41) is 3.82. The van der Waals surface area contributed by atoms with E-state index < -0.39 is 9.84 Å². The fraction of sp³-hybridized carbons (Fsp3) is 0.769. The highest BCUT2D eigenvalue weighted by Crippen LogP contribution is 2.18. The van der Waals surface area contributed by atoms with Gasteiger partial charge in [0.25, 0.3) is 0 Å². The molecule has 0 radical (unpaired) electrons. The van der Waals surface area contributed by atoms with Gasteiger partial charge in [0, 0.05) is 45.8 Å². The van der Waals surface area contributed by atoms with E-state index in [1.165, 1.54) is 13.2 Å². The molecule has 0 unspecified atom stereocenters. The van der Waals surface area contributed by atoms with Crippen molar-refractivity contribution >= 4 is 15.7 Å². The van der Waals surface area contributed by atoms with Gasteiger partial charge in [-0.25, -0.2) is 8.42 Å². The van der Waals surface area contributed by atoms with Crippen LogP contribution in [0.4, 0.5) is 0 Å². The van der Waals surface area contributed by atoms with Gasteiger partial charge >= 0.3 is 0 Å². The fourth-order valence-electron chi connectivity index (χ4n) is 2.62. The minimum atomic E-state index is -2.97. The molecule has 0 bridgehead atoms. The van der Waals surface area contributed by atoms with Crippen molar-refractivity contribution in [3.05, 3.63) is 11.7 Å². The molecule has 8 nitrogen and oxygen atoms in total. The maximum Gasteiger partial charge on any atom is 0.223 e. The Morgan fingerprint density at radius 2 is 2.23 bits per heavy atom. The molecule has 1 atom stereocenters. The fourth-order valence-corrected chi connectivity index (χ4v) is 3.21. The number of carbonyl (C=O) groups excluding carboxylic acids is 1. The molecule has 0 aliphatic carbocycles. The van der Waals surface area contributed by atoms with E-state index >= 15 is 0 Å². The summed E-state index contributed by atoms with van der Waals surface area (Å²) in [7, 11) is -2.97. The number of nitrogens with zero attached hydrogens (tertiary/aromatic N) is 4. The van der Waals surface area contributed by atoms with Crippen LogP contribution in [0.3, 0.4) is 0 Å². The Kier molecular flexibility index (Phi) is 5.17. The number of aryl methyl sites for hydroxylation is 1. The van der Waals surface area contributed by atoms with Gasteiger partial charge in [0.1, 0.15) is 9.84 Å². The lowest BCUT2D eigenvalue weighted by molar-refractivity contribution is -0.131. The van der Waals surface area contributed by atoms with Gasteiger partial charge in [0.05, 0.1) is 12.3 Å². The minimum Gasteiger partial charge on any atom is -0.340 e. The van der Waals surface area contributed by atoms with Gasteiger partial charge < -0.3 is 14.3 Å². The molecule has 1 aromatic rings. The molecular formula is C13H22N4O4S. The average Bonchev–Trinajstić information content (AvgIpc) is 3.01. The quantitative estimate of drug-likeness (QED) is 0.715. The lowest BCUT2D eigenvalue weighted by atomic mass is 10.2. The Bertz CT molecular complexity index is 628. The third-order valence-corrected chi connectivity index (χ3v) is 4.68.